The zero-order chi connectivity index (χ0) is 19.1. The summed E-state index contributed by atoms with van der Waals surface area (Å²) in [7, 11) is 2.21. The van der Waals surface area contributed by atoms with Crippen molar-refractivity contribution in [3.8, 4) is 0 Å². The Kier molecular flexibility index (Phi) is 4.40. The predicted octanol–water partition coefficient (Wildman–Crippen LogP) is 0.947. The van der Waals surface area contributed by atoms with Gasteiger partial charge in [0.1, 0.15) is 5.82 Å². The molecular formula is C20H27N7O. The summed E-state index contributed by atoms with van der Waals surface area (Å²) in [5, 5.41) is 0. The highest BCUT2D eigenvalue weighted by Crippen LogP contribution is 2.49. The number of anilines is 2. The van der Waals surface area contributed by atoms with Crippen LogP contribution in [0, 0.1) is 12.3 Å². The van der Waals surface area contributed by atoms with Gasteiger partial charge >= 0.3 is 0 Å². The molecule has 0 amide bonds. The molecule has 28 heavy (non-hydrogen) atoms. The van der Waals surface area contributed by atoms with Crippen LogP contribution in [-0.2, 0) is 4.74 Å². The highest BCUT2D eigenvalue weighted by Gasteiger charge is 2.55. The van der Waals surface area contributed by atoms with Gasteiger partial charge in [-0.25, -0.2) is 15.0 Å². The van der Waals surface area contributed by atoms with Crippen molar-refractivity contribution in [2.75, 3.05) is 69.3 Å². The minimum Gasteiger partial charge on any atom is -0.378 e. The molecule has 0 radical (unpaired) electrons. The number of aryl methyl sites for hydroxylation is 1. The molecule has 1 spiro atoms. The summed E-state index contributed by atoms with van der Waals surface area (Å²) in [6.07, 6.45) is 5.46. The largest absolute Gasteiger partial charge is 0.378 e. The minimum atomic E-state index is 0.218. The molecule has 8 nitrogen and oxygen atoms in total. The molecule has 3 fully saturated rings. The van der Waals surface area contributed by atoms with Gasteiger partial charge in [-0.1, -0.05) is 0 Å². The van der Waals surface area contributed by atoms with Crippen molar-refractivity contribution in [1.29, 1.82) is 0 Å². The van der Waals surface area contributed by atoms with Gasteiger partial charge < -0.3 is 19.4 Å². The fraction of sp³-hybridized carbons (Fsp3) is 0.600. The molecule has 8 heteroatoms. The SMILES string of the molecule is Cc1nccnc1N1CC2(CN(C)CC2c2ccnc(N3CCOCC3)n2)C1. The summed E-state index contributed by atoms with van der Waals surface area (Å²) in [5.74, 6) is 2.26. The predicted molar refractivity (Wildman–Crippen MR) is 107 cm³/mol. The number of nitrogens with zero attached hydrogens (tertiary/aromatic N) is 7. The van der Waals surface area contributed by atoms with Crippen molar-refractivity contribution in [3.05, 3.63) is 36.0 Å². The van der Waals surface area contributed by atoms with E-state index in [1.54, 1.807) is 12.4 Å². The summed E-state index contributed by atoms with van der Waals surface area (Å²) in [6.45, 7) is 9.36. The molecule has 2 aromatic heterocycles. The lowest BCUT2D eigenvalue weighted by molar-refractivity contribution is 0.122. The standard InChI is InChI=1S/C20H27N7O/c1-15-18(22-6-5-21-15)27-13-20(14-27)12-25(2)11-16(20)17-3-4-23-19(24-17)26-7-9-28-10-8-26/h3-6,16H,7-14H2,1-2H3. The first-order chi connectivity index (χ1) is 13.6. The second-order valence-corrected chi connectivity index (χ2v) is 8.31. The van der Waals surface area contributed by atoms with Gasteiger partial charge in [0.25, 0.3) is 0 Å². The highest BCUT2D eigenvalue weighted by atomic mass is 16.5. The van der Waals surface area contributed by atoms with Gasteiger partial charge in [-0.15, -0.1) is 0 Å². The van der Waals surface area contributed by atoms with Crippen molar-refractivity contribution in [3.63, 3.8) is 0 Å². The molecule has 0 aromatic carbocycles. The van der Waals surface area contributed by atoms with Gasteiger partial charge in [-0.3, -0.25) is 4.98 Å². The molecule has 0 bridgehead atoms. The van der Waals surface area contributed by atoms with E-state index < -0.39 is 0 Å². The third-order valence-corrected chi connectivity index (χ3v) is 6.30. The second kappa shape index (κ2) is 6.93. The van der Waals surface area contributed by atoms with Crippen LogP contribution in [0.4, 0.5) is 11.8 Å². The van der Waals surface area contributed by atoms with Crippen LogP contribution in [0.25, 0.3) is 0 Å². The molecule has 1 unspecified atom stereocenters. The van der Waals surface area contributed by atoms with E-state index in [-0.39, 0.29) is 5.41 Å². The van der Waals surface area contributed by atoms with E-state index in [2.05, 4.69) is 42.8 Å². The Balaban J connectivity index is 1.38. The average Bonchev–Trinajstić information content (AvgIpc) is 3.06. The van der Waals surface area contributed by atoms with Crippen molar-refractivity contribution in [2.45, 2.75) is 12.8 Å². The van der Waals surface area contributed by atoms with E-state index in [0.29, 0.717) is 5.92 Å². The summed E-state index contributed by atoms with van der Waals surface area (Å²) in [4.78, 5) is 25.5. The Morgan fingerprint density at radius 3 is 2.57 bits per heavy atom. The van der Waals surface area contributed by atoms with E-state index in [4.69, 9.17) is 9.72 Å². The molecule has 1 atom stereocenters. The smallest absolute Gasteiger partial charge is 0.225 e. The number of hydrogen-bond donors (Lipinski definition) is 0. The maximum atomic E-state index is 5.47. The molecule has 5 rings (SSSR count). The second-order valence-electron chi connectivity index (χ2n) is 8.31. The molecule has 0 N–H and O–H groups in total. The molecule has 0 aliphatic carbocycles. The molecule has 3 aliphatic rings. The van der Waals surface area contributed by atoms with Gasteiger partial charge in [0.05, 0.1) is 24.6 Å². The van der Waals surface area contributed by atoms with Crippen LogP contribution < -0.4 is 9.80 Å². The monoisotopic (exact) mass is 381 g/mol. The first-order valence-electron chi connectivity index (χ1n) is 10.0. The fourth-order valence-corrected chi connectivity index (χ4v) is 4.99. The van der Waals surface area contributed by atoms with Crippen LogP contribution in [-0.4, -0.2) is 84.4 Å². The van der Waals surface area contributed by atoms with E-state index in [0.717, 1.165) is 75.6 Å². The van der Waals surface area contributed by atoms with Crippen LogP contribution in [0.5, 0.6) is 0 Å². The number of aromatic nitrogens is 4. The lowest BCUT2D eigenvalue weighted by atomic mass is 9.70. The van der Waals surface area contributed by atoms with E-state index in [9.17, 15) is 0 Å². The van der Waals surface area contributed by atoms with Crippen LogP contribution in [0.2, 0.25) is 0 Å². The zero-order valence-corrected chi connectivity index (χ0v) is 16.6. The van der Waals surface area contributed by atoms with Gasteiger partial charge in [0, 0.05) is 69.2 Å². The number of ether oxygens (including phenoxy) is 1. The topological polar surface area (TPSA) is 70.5 Å². The molecular weight excluding hydrogens is 354 g/mol. The van der Waals surface area contributed by atoms with Crippen molar-refractivity contribution in [2.24, 2.45) is 5.41 Å². The molecule has 5 heterocycles. The Labute approximate surface area is 165 Å². The Morgan fingerprint density at radius 1 is 1.00 bits per heavy atom. The Hall–Kier alpha value is -2.32. The number of hydrogen-bond acceptors (Lipinski definition) is 8. The summed E-state index contributed by atoms with van der Waals surface area (Å²) < 4.78 is 5.47. The van der Waals surface area contributed by atoms with Gasteiger partial charge in [-0.05, 0) is 20.0 Å². The van der Waals surface area contributed by atoms with Gasteiger partial charge in [-0.2, -0.15) is 0 Å². The molecule has 3 saturated heterocycles. The fourth-order valence-electron chi connectivity index (χ4n) is 4.99. The van der Waals surface area contributed by atoms with Crippen molar-refractivity contribution in [1.82, 2.24) is 24.8 Å². The van der Waals surface area contributed by atoms with Crippen molar-refractivity contribution >= 4 is 11.8 Å². The van der Waals surface area contributed by atoms with Crippen LogP contribution >= 0.6 is 0 Å². The molecule has 148 valence electrons. The first kappa shape index (κ1) is 17.8. The summed E-state index contributed by atoms with van der Waals surface area (Å²) in [5.41, 5.74) is 2.38. The summed E-state index contributed by atoms with van der Waals surface area (Å²) in [6, 6.07) is 2.10. The maximum absolute atomic E-state index is 5.47. The highest BCUT2D eigenvalue weighted by molar-refractivity contribution is 5.48. The van der Waals surface area contributed by atoms with E-state index in [1.807, 2.05) is 13.1 Å². The van der Waals surface area contributed by atoms with Gasteiger partial charge in [0.15, 0.2) is 0 Å². The first-order valence-corrected chi connectivity index (χ1v) is 10.0. The maximum Gasteiger partial charge on any atom is 0.225 e. The van der Waals surface area contributed by atoms with Crippen LogP contribution in [0.3, 0.4) is 0 Å². The van der Waals surface area contributed by atoms with Crippen molar-refractivity contribution < 1.29 is 4.74 Å². The van der Waals surface area contributed by atoms with Crippen LogP contribution in [0.15, 0.2) is 24.7 Å². The molecule has 3 aliphatic heterocycles. The van der Waals surface area contributed by atoms with E-state index in [1.165, 1.54) is 0 Å². The zero-order valence-electron chi connectivity index (χ0n) is 16.6. The van der Waals surface area contributed by atoms with Gasteiger partial charge in [0.2, 0.25) is 5.95 Å². The normalized spacial score (nSPS) is 24.6. The lowest BCUT2D eigenvalue weighted by Crippen LogP contribution is -2.60. The minimum absolute atomic E-state index is 0.218. The van der Waals surface area contributed by atoms with Crippen LogP contribution in [0.1, 0.15) is 17.3 Å². The molecule has 2 aromatic rings. The third-order valence-electron chi connectivity index (χ3n) is 6.30. The Morgan fingerprint density at radius 2 is 1.79 bits per heavy atom. The number of rotatable bonds is 3. The number of likely N-dealkylation sites (tertiary alicyclic amines) is 1. The molecule has 0 saturated carbocycles. The number of likely N-dealkylation sites (N-methyl/N-ethyl adjacent to an activating group) is 1. The lowest BCUT2D eigenvalue weighted by Gasteiger charge is -2.51. The number of morpholine rings is 1. The van der Waals surface area contributed by atoms with E-state index >= 15 is 0 Å². The Bertz CT molecular complexity index is 848. The quantitative estimate of drug-likeness (QED) is 0.778. The average molecular weight is 381 g/mol. The third kappa shape index (κ3) is 3.00. The summed E-state index contributed by atoms with van der Waals surface area (Å²) >= 11 is 0.